The van der Waals surface area contributed by atoms with Crippen molar-refractivity contribution in [3.63, 3.8) is 0 Å². The first-order chi connectivity index (χ1) is 12.4. The van der Waals surface area contributed by atoms with Gasteiger partial charge in [0, 0.05) is 24.8 Å². The molecule has 0 unspecified atom stereocenters. The predicted molar refractivity (Wildman–Crippen MR) is 105 cm³/mol. The standard InChI is InChI=1S/C21H26N2O2S/c1-21(2)13-15-8-6-7-14(19(15)25-21)11-12-18(24)23(3)20-22-16-9-4-5-10-17(16)26-20/h6-8H,4-5,9-13H2,1-3H3. The average molecular weight is 371 g/mol. The van der Waals surface area contributed by atoms with Crippen LogP contribution in [0.2, 0.25) is 0 Å². The van der Waals surface area contributed by atoms with Gasteiger partial charge in [0.25, 0.3) is 0 Å². The van der Waals surface area contributed by atoms with Crippen molar-refractivity contribution in [1.29, 1.82) is 0 Å². The van der Waals surface area contributed by atoms with Gasteiger partial charge < -0.3 is 4.74 Å². The Labute approximate surface area is 159 Å². The molecule has 26 heavy (non-hydrogen) atoms. The van der Waals surface area contributed by atoms with Crippen molar-refractivity contribution >= 4 is 22.4 Å². The van der Waals surface area contributed by atoms with Gasteiger partial charge in [-0.2, -0.15) is 0 Å². The molecule has 0 bridgehead atoms. The zero-order chi connectivity index (χ0) is 18.3. The first kappa shape index (κ1) is 17.5. The molecule has 4 nitrogen and oxygen atoms in total. The van der Waals surface area contributed by atoms with Crippen molar-refractivity contribution in [2.24, 2.45) is 0 Å². The van der Waals surface area contributed by atoms with Crippen molar-refractivity contribution in [2.45, 2.75) is 64.4 Å². The second kappa shape index (κ2) is 6.69. The molecule has 0 atom stereocenters. The second-order valence-corrected chi connectivity index (χ2v) is 9.03. The largest absolute Gasteiger partial charge is 0.487 e. The third-order valence-electron chi connectivity index (χ3n) is 5.28. The summed E-state index contributed by atoms with van der Waals surface area (Å²) in [5.41, 5.74) is 3.43. The normalized spacial score (nSPS) is 17.3. The number of ether oxygens (including phenoxy) is 1. The highest BCUT2D eigenvalue weighted by Crippen LogP contribution is 2.38. The quantitative estimate of drug-likeness (QED) is 0.804. The van der Waals surface area contributed by atoms with Gasteiger partial charge in [-0.15, -0.1) is 11.3 Å². The van der Waals surface area contributed by atoms with Crippen LogP contribution < -0.4 is 9.64 Å². The van der Waals surface area contributed by atoms with Crippen molar-refractivity contribution in [3.05, 3.63) is 39.9 Å². The maximum Gasteiger partial charge on any atom is 0.228 e. The summed E-state index contributed by atoms with van der Waals surface area (Å²) < 4.78 is 6.12. The van der Waals surface area contributed by atoms with E-state index in [0.717, 1.165) is 35.7 Å². The number of thiazole rings is 1. The summed E-state index contributed by atoms with van der Waals surface area (Å²) >= 11 is 1.68. The van der Waals surface area contributed by atoms with Crippen LogP contribution >= 0.6 is 11.3 Å². The van der Waals surface area contributed by atoms with Gasteiger partial charge in [0.15, 0.2) is 5.13 Å². The van der Waals surface area contributed by atoms with Crippen LogP contribution in [0.5, 0.6) is 5.75 Å². The fraction of sp³-hybridized carbons (Fsp3) is 0.524. The molecule has 0 N–H and O–H groups in total. The Balaban J connectivity index is 1.43. The van der Waals surface area contributed by atoms with Gasteiger partial charge >= 0.3 is 0 Å². The molecule has 0 fully saturated rings. The lowest BCUT2D eigenvalue weighted by Gasteiger charge is -2.18. The number of carbonyl (C=O) groups excluding carboxylic acids is 1. The molecule has 5 heteroatoms. The molecular formula is C21H26N2O2S. The molecule has 2 heterocycles. The van der Waals surface area contributed by atoms with Crippen LogP contribution in [-0.2, 0) is 30.5 Å². The number of fused-ring (bicyclic) bond motifs is 2. The fourth-order valence-electron chi connectivity index (χ4n) is 3.87. The van der Waals surface area contributed by atoms with Crippen molar-refractivity contribution in [3.8, 4) is 5.75 Å². The average Bonchev–Trinajstić information content (AvgIpc) is 3.18. The van der Waals surface area contributed by atoms with Crippen molar-refractivity contribution < 1.29 is 9.53 Å². The van der Waals surface area contributed by atoms with Crippen molar-refractivity contribution in [1.82, 2.24) is 4.98 Å². The predicted octanol–water partition coefficient (Wildman–Crippen LogP) is 4.33. The summed E-state index contributed by atoms with van der Waals surface area (Å²) in [4.78, 5) is 20.5. The first-order valence-corrected chi connectivity index (χ1v) is 10.3. The highest BCUT2D eigenvalue weighted by molar-refractivity contribution is 7.15. The number of benzene rings is 1. The van der Waals surface area contributed by atoms with Crippen LogP contribution in [0.3, 0.4) is 0 Å². The number of hydrogen-bond donors (Lipinski definition) is 0. The van der Waals surface area contributed by atoms with Crippen LogP contribution in [0.25, 0.3) is 0 Å². The Morgan fingerprint density at radius 3 is 2.92 bits per heavy atom. The number of aromatic nitrogens is 1. The molecule has 0 radical (unpaired) electrons. The van der Waals surface area contributed by atoms with Crippen LogP contribution in [-0.4, -0.2) is 23.5 Å². The van der Waals surface area contributed by atoms with Crippen LogP contribution in [0, 0.1) is 0 Å². The minimum absolute atomic E-state index is 0.117. The lowest BCUT2D eigenvalue weighted by molar-refractivity contribution is -0.118. The maximum atomic E-state index is 12.7. The number of para-hydroxylation sites is 1. The highest BCUT2D eigenvalue weighted by atomic mass is 32.1. The first-order valence-electron chi connectivity index (χ1n) is 9.48. The minimum atomic E-state index is -0.154. The van der Waals surface area contributed by atoms with E-state index in [1.807, 2.05) is 7.05 Å². The molecule has 138 valence electrons. The zero-order valence-electron chi connectivity index (χ0n) is 15.8. The van der Waals surface area contributed by atoms with E-state index in [4.69, 9.17) is 9.72 Å². The van der Waals surface area contributed by atoms with Gasteiger partial charge in [-0.05, 0) is 57.1 Å². The molecule has 1 aliphatic carbocycles. The topological polar surface area (TPSA) is 42.4 Å². The third-order valence-corrected chi connectivity index (χ3v) is 6.51. The Hall–Kier alpha value is -1.88. The molecule has 0 saturated heterocycles. The molecule has 2 aliphatic rings. The third kappa shape index (κ3) is 3.37. The molecule has 1 aliphatic heterocycles. The summed E-state index contributed by atoms with van der Waals surface area (Å²) in [5, 5.41) is 0.845. The number of nitrogens with zero attached hydrogens (tertiary/aromatic N) is 2. The Bertz CT molecular complexity index is 817. The van der Waals surface area contributed by atoms with Crippen LogP contribution in [0.1, 0.15) is 54.8 Å². The van der Waals surface area contributed by atoms with E-state index in [-0.39, 0.29) is 11.5 Å². The Kier molecular flexibility index (Phi) is 4.51. The van der Waals surface area contributed by atoms with Gasteiger partial charge in [-0.3, -0.25) is 9.69 Å². The lowest BCUT2D eigenvalue weighted by Crippen LogP contribution is -2.26. The highest BCUT2D eigenvalue weighted by Gasteiger charge is 2.31. The molecule has 1 aromatic heterocycles. The van der Waals surface area contributed by atoms with E-state index in [9.17, 15) is 4.79 Å². The molecule has 1 aromatic carbocycles. The van der Waals surface area contributed by atoms with Gasteiger partial charge in [-0.1, -0.05) is 18.2 Å². The Morgan fingerprint density at radius 1 is 1.31 bits per heavy atom. The Morgan fingerprint density at radius 2 is 2.12 bits per heavy atom. The number of carbonyl (C=O) groups is 1. The van der Waals surface area contributed by atoms with Gasteiger partial charge in [-0.25, -0.2) is 4.98 Å². The molecule has 1 amide bonds. The van der Waals surface area contributed by atoms with Gasteiger partial charge in [0.05, 0.1) is 5.69 Å². The van der Waals surface area contributed by atoms with E-state index in [1.165, 1.54) is 29.0 Å². The molecule has 0 spiro atoms. The maximum absolute atomic E-state index is 12.7. The van der Waals surface area contributed by atoms with Crippen LogP contribution in [0.15, 0.2) is 18.2 Å². The summed E-state index contributed by atoms with van der Waals surface area (Å²) in [6.07, 6.45) is 6.71. The lowest BCUT2D eigenvalue weighted by atomic mass is 9.99. The van der Waals surface area contributed by atoms with Crippen LogP contribution in [0.4, 0.5) is 5.13 Å². The molecule has 4 rings (SSSR count). The number of hydrogen-bond acceptors (Lipinski definition) is 4. The molecule has 0 saturated carbocycles. The number of anilines is 1. The van der Waals surface area contributed by atoms with E-state index in [2.05, 4.69) is 32.0 Å². The molecule has 2 aromatic rings. The number of rotatable bonds is 4. The summed E-state index contributed by atoms with van der Waals surface area (Å²) in [7, 11) is 1.85. The fourth-order valence-corrected chi connectivity index (χ4v) is 5.00. The van der Waals surface area contributed by atoms with E-state index >= 15 is 0 Å². The number of amides is 1. The van der Waals surface area contributed by atoms with E-state index in [1.54, 1.807) is 16.2 Å². The summed E-state index contributed by atoms with van der Waals surface area (Å²) in [5.74, 6) is 1.10. The summed E-state index contributed by atoms with van der Waals surface area (Å²) in [6.45, 7) is 4.22. The second-order valence-electron chi connectivity index (χ2n) is 7.97. The number of aryl methyl sites for hydroxylation is 3. The molecular weight excluding hydrogens is 344 g/mol. The van der Waals surface area contributed by atoms with E-state index < -0.39 is 0 Å². The van der Waals surface area contributed by atoms with Gasteiger partial charge in [0.2, 0.25) is 5.91 Å². The van der Waals surface area contributed by atoms with Gasteiger partial charge in [0.1, 0.15) is 11.4 Å². The zero-order valence-corrected chi connectivity index (χ0v) is 16.6. The smallest absolute Gasteiger partial charge is 0.228 e. The van der Waals surface area contributed by atoms with E-state index in [0.29, 0.717) is 12.8 Å². The monoisotopic (exact) mass is 370 g/mol. The minimum Gasteiger partial charge on any atom is -0.487 e. The van der Waals surface area contributed by atoms with Crippen molar-refractivity contribution in [2.75, 3.05) is 11.9 Å². The SMILES string of the molecule is CN(C(=O)CCc1cccc2c1OC(C)(C)C2)c1nc2c(s1)CCCC2. The summed E-state index contributed by atoms with van der Waals surface area (Å²) in [6, 6.07) is 6.28.